The van der Waals surface area contributed by atoms with Crippen molar-refractivity contribution in [2.24, 2.45) is 0 Å². The smallest absolute Gasteiger partial charge is 0.124 e. The number of rotatable bonds is 0. The Morgan fingerprint density at radius 3 is 3.20 bits per heavy atom. The summed E-state index contributed by atoms with van der Waals surface area (Å²) >= 11 is 3.61. The molecule has 1 aliphatic heterocycles. The summed E-state index contributed by atoms with van der Waals surface area (Å²) in [6.45, 7) is 0. The largest absolute Gasteiger partial charge is 0.493 e. The van der Waals surface area contributed by atoms with Gasteiger partial charge >= 0.3 is 0 Å². The highest BCUT2D eigenvalue weighted by Gasteiger charge is 2.26. The summed E-state index contributed by atoms with van der Waals surface area (Å²) in [4.78, 5) is 0. The second-order valence-corrected chi connectivity index (χ2v) is 4.73. The van der Waals surface area contributed by atoms with E-state index in [4.69, 9.17) is 4.74 Å². The quantitative estimate of drug-likeness (QED) is 0.693. The van der Waals surface area contributed by atoms with Gasteiger partial charge in [-0.15, -0.1) is 0 Å². The zero-order valence-corrected chi connectivity index (χ0v) is 9.83. The second-order valence-electron chi connectivity index (χ2n) is 3.88. The molecule has 0 saturated heterocycles. The van der Waals surface area contributed by atoms with E-state index in [1.165, 1.54) is 21.2 Å². The lowest BCUT2D eigenvalue weighted by molar-refractivity contribution is 0.180. The van der Waals surface area contributed by atoms with Crippen molar-refractivity contribution >= 4 is 21.5 Å². The van der Waals surface area contributed by atoms with Gasteiger partial charge in [0, 0.05) is 4.47 Å². The van der Waals surface area contributed by atoms with Crippen LogP contribution in [0, 0.1) is 0 Å². The van der Waals surface area contributed by atoms with Crippen LogP contribution in [0.1, 0.15) is 17.5 Å². The minimum Gasteiger partial charge on any atom is -0.493 e. The van der Waals surface area contributed by atoms with Crippen LogP contribution in [0.3, 0.4) is 0 Å². The van der Waals surface area contributed by atoms with Gasteiger partial charge in [-0.2, -0.15) is 0 Å². The van der Waals surface area contributed by atoms with E-state index < -0.39 is 0 Å². The first kappa shape index (κ1) is 9.22. The van der Waals surface area contributed by atoms with Crippen LogP contribution >= 0.6 is 15.9 Å². The van der Waals surface area contributed by atoms with Crippen molar-refractivity contribution in [3.05, 3.63) is 52.2 Å². The van der Waals surface area contributed by atoms with E-state index in [9.17, 15) is 0 Å². The Balaban J connectivity index is 2.18. The summed E-state index contributed by atoms with van der Waals surface area (Å²) < 4.78 is 6.83. The van der Waals surface area contributed by atoms with Crippen molar-refractivity contribution in [1.82, 2.24) is 0 Å². The van der Waals surface area contributed by atoms with E-state index in [1.807, 2.05) is 6.08 Å². The third-order valence-corrected chi connectivity index (χ3v) is 3.77. The SMILES string of the molecule is Brc1cccc2c1CCC1OC=CC=C21. The van der Waals surface area contributed by atoms with Crippen LogP contribution in [0.15, 0.2) is 41.1 Å². The molecule has 0 saturated carbocycles. The van der Waals surface area contributed by atoms with Gasteiger partial charge in [-0.05, 0) is 41.7 Å². The Bertz CT molecular complexity index is 460. The van der Waals surface area contributed by atoms with Gasteiger partial charge in [-0.1, -0.05) is 34.1 Å². The van der Waals surface area contributed by atoms with Gasteiger partial charge in [0.25, 0.3) is 0 Å². The lowest BCUT2D eigenvalue weighted by Gasteiger charge is -2.29. The van der Waals surface area contributed by atoms with Crippen LogP contribution in [0.4, 0.5) is 0 Å². The van der Waals surface area contributed by atoms with E-state index in [1.54, 1.807) is 6.26 Å². The molecule has 0 N–H and O–H groups in total. The molecule has 1 aromatic carbocycles. The molecule has 15 heavy (non-hydrogen) atoms. The molecule has 0 fully saturated rings. The topological polar surface area (TPSA) is 9.23 Å². The van der Waals surface area contributed by atoms with Crippen molar-refractivity contribution < 1.29 is 4.74 Å². The molecule has 1 unspecified atom stereocenters. The predicted molar refractivity (Wildman–Crippen MR) is 64.5 cm³/mol. The van der Waals surface area contributed by atoms with Crippen LogP contribution in [0.25, 0.3) is 5.57 Å². The third kappa shape index (κ3) is 1.44. The van der Waals surface area contributed by atoms with Crippen LogP contribution < -0.4 is 0 Å². The monoisotopic (exact) mass is 262 g/mol. The Kier molecular flexibility index (Phi) is 2.17. The highest BCUT2D eigenvalue weighted by molar-refractivity contribution is 9.10. The average molecular weight is 263 g/mol. The molecule has 1 aromatic rings. The zero-order valence-electron chi connectivity index (χ0n) is 8.24. The second kappa shape index (κ2) is 3.53. The molecule has 76 valence electrons. The van der Waals surface area contributed by atoms with Crippen LogP contribution in [-0.4, -0.2) is 6.10 Å². The fraction of sp³-hybridized carbons (Fsp3) is 0.231. The summed E-state index contributed by atoms with van der Waals surface area (Å²) in [5, 5.41) is 0. The van der Waals surface area contributed by atoms with Gasteiger partial charge in [-0.25, -0.2) is 0 Å². The molecule has 1 nitrogen and oxygen atoms in total. The summed E-state index contributed by atoms with van der Waals surface area (Å²) in [7, 11) is 0. The molecule has 2 heteroatoms. The Morgan fingerprint density at radius 1 is 1.33 bits per heavy atom. The number of fused-ring (bicyclic) bond motifs is 3. The maximum absolute atomic E-state index is 5.61. The summed E-state index contributed by atoms with van der Waals surface area (Å²) in [5.74, 6) is 0. The Hall–Kier alpha value is -1.02. The van der Waals surface area contributed by atoms with Gasteiger partial charge < -0.3 is 4.74 Å². The van der Waals surface area contributed by atoms with Crippen LogP contribution in [-0.2, 0) is 11.2 Å². The number of benzene rings is 1. The zero-order chi connectivity index (χ0) is 10.3. The molecule has 1 atom stereocenters. The van der Waals surface area contributed by atoms with E-state index in [0.29, 0.717) is 0 Å². The maximum Gasteiger partial charge on any atom is 0.124 e. The van der Waals surface area contributed by atoms with E-state index in [0.717, 1.165) is 12.8 Å². The first-order chi connectivity index (χ1) is 7.36. The highest BCUT2D eigenvalue weighted by atomic mass is 79.9. The van der Waals surface area contributed by atoms with Crippen molar-refractivity contribution in [3.63, 3.8) is 0 Å². The molecule has 0 aromatic heterocycles. The van der Waals surface area contributed by atoms with Crippen LogP contribution in [0.5, 0.6) is 0 Å². The lowest BCUT2D eigenvalue weighted by atomic mass is 9.84. The minimum absolute atomic E-state index is 0.261. The van der Waals surface area contributed by atoms with E-state index >= 15 is 0 Å². The van der Waals surface area contributed by atoms with Gasteiger partial charge in [0.2, 0.25) is 0 Å². The molecule has 3 rings (SSSR count). The predicted octanol–water partition coefficient (Wildman–Crippen LogP) is 3.69. The summed E-state index contributed by atoms with van der Waals surface area (Å²) in [6, 6.07) is 6.38. The molecule has 0 spiro atoms. The normalized spacial score (nSPS) is 22.5. The van der Waals surface area contributed by atoms with Gasteiger partial charge in [0.1, 0.15) is 6.10 Å². The number of ether oxygens (including phenoxy) is 1. The number of hydrogen-bond donors (Lipinski definition) is 0. The van der Waals surface area contributed by atoms with Crippen molar-refractivity contribution in [2.75, 3.05) is 0 Å². The van der Waals surface area contributed by atoms with Crippen molar-refractivity contribution in [3.8, 4) is 0 Å². The molecular weight excluding hydrogens is 252 g/mol. The minimum atomic E-state index is 0.261. The number of hydrogen-bond acceptors (Lipinski definition) is 1. The summed E-state index contributed by atoms with van der Waals surface area (Å²) in [6.07, 6.45) is 8.35. The Labute approximate surface area is 97.6 Å². The van der Waals surface area contributed by atoms with E-state index in [-0.39, 0.29) is 6.10 Å². The van der Waals surface area contributed by atoms with Crippen molar-refractivity contribution in [1.29, 1.82) is 0 Å². The molecule has 0 bridgehead atoms. The van der Waals surface area contributed by atoms with Crippen LogP contribution in [0.2, 0.25) is 0 Å². The molecule has 1 aliphatic carbocycles. The first-order valence-corrected chi connectivity index (χ1v) is 5.95. The number of halogens is 1. The fourth-order valence-corrected chi connectivity index (χ4v) is 2.87. The third-order valence-electron chi connectivity index (χ3n) is 3.03. The lowest BCUT2D eigenvalue weighted by Crippen LogP contribution is -2.21. The maximum atomic E-state index is 5.61. The molecule has 0 radical (unpaired) electrons. The van der Waals surface area contributed by atoms with E-state index in [2.05, 4.69) is 40.2 Å². The van der Waals surface area contributed by atoms with Crippen molar-refractivity contribution in [2.45, 2.75) is 18.9 Å². The average Bonchev–Trinajstić information content (AvgIpc) is 2.29. The molecule has 2 aliphatic rings. The summed E-state index contributed by atoms with van der Waals surface area (Å²) in [5.41, 5.74) is 4.07. The fourth-order valence-electron chi connectivity index (χ4n) is 2.31. The standard InChI is InChI=1S/C13H11BrO/c14-12-5-1-3-9-10(12)6-7-13-11(9)4-2-8-15-13/h1-5,8,13H,6-7H2. The molecule has 1 heterocycles. The highest BCUT2D eigenvalue weighted by Crippen LogP contribution is 2.37. The first-order valence-electron chi connectivity index (χ1n) is 5.16. The number of allylic oxidation sites excluding steroid dienone is 2. The molecule has 0 amide bonds. The van der Waals surface area contributed by atoms with Gasteiger partial charge in [0.05, 0.1) is 6.26 Å². The molecular formula is C13H11BrO. The van der Waals surface area contributed by atoms with Gasteiger partial charge in [0.15, 0.2) is 0 Å². The Morgan fingerprint density at radius 2 is 2.27 bits per heavy atom. The van der Waals surface area contributed by atoms with Gasteiger partial charge in [-0.3, -0.25) is 0 Å².